The first-order chi connectivity index (χ1) is 9.65. The minimum atomic E-state index is -0.389. The molecule has 106 valence electrons. The SMILES string of the molecule is COc1cc(NC(CN)c2cnccc2C)ccc1F. The minimum absolute atomic E-state index is 0.0844. The van der Waals surface area contributed by atoms with Crippen molar-refractivity contribution in [3.05, 3.63) is 53.6 Å². The normalized spacial score (nSPS) is 12.0. The molecule has 1 atom stereocenters. The Morgan fingerprint density at radius 2 is 2.20 bits per heavy atom. The highest BCUT2D eigenvalue weighted by Crippen LogP contribution is 2.25. The molecular weight excluding hydrogens is 257 g/mol. The van der Waals surface area contributed by atoms with Gasteiger partial charge in [-0.2, -0.15) is 0 Å². The van der Waals surface area contributed by atoms with E-state index in [2.05, 4.69) is 10.3 Å². The molecule has 20 heavy (non-hydrogen) atoms. The Morgan fingerprint density at radius 3 is 2.85 bits per heavy atom. The van der Waals surface area contributed by atoms with Gasteiger partial charge in [-0.1, -0.05) is 0 Å². The lowest BCUT2D eigenvalue weighted by atomic mass is 10.0. The van der Waals surface area contributed by atoms with Gasteiger partial charge in [-0.05, 0) is 36.2 Å². The highest BCUT2D eigenvalue weighted by atomic mass is 19.1. The number of nitrogens with zero attached hydrogens (tertiary/aromatic N) is 1. The summed E-state index contributed by atoms with van der Waals surface area (Å²) < 4.78 is 18.4. The van der Waals surface area contributed by atoms with Crippen LogP contribution in [-0.4, -0.2) is 18.6 Å². The number of rotatable bonds is 5. The molecule has 0 aliphatic rings. The molecule has 0 saturated carbocycles. The van der Waals surface area contributed by atoms with Gasteiger partial charge < -0.3 is 15.8 Å². The summed E-state index contributed by atoms with van der Waals surface area (Å²) in [5.74, 6) is -0.186. The van der Waals surface area contributed by atoms with E-state index in [0.717, 1.165) is 16.8 Å². The maximum absolute atomic E-state index is 13.4. The lowest BCUT2D eigenvalue weighted by molar-refractivity contribution is 0.386. The first-order valence-electron chi connectivity index (χ1n) is 6.36. The van der Waals surface area contributed by atoms with Crippen LogP contribution in [0.1, 0.15) is 17.2 Å². The summed E-state index contributed by atoms with van der Waals surface area (Å²) in [6.07, 6.45) is 3.54. The van der Waals surface area contributed by atoms with Crippen LogP contribution >= 0.6 is 0 Å². The van der Waals surface area contributed by atoms with Gasteiger partial charge in [0.15, 0.2) is 11.6 Å². The van der Waals surface area contributed by atoms with Gasteiger partial charge in [-0.3, -0.25) is 4.98 Å². The van der Waals surface area contributed by atoms with Gasteiger partial charge in [0.25, 0.3) is 0 Å². The van der Waals surface area contributed by atoms with Crippen LogP contribution in [0.2, 0.25) is 0 Å². The first-order valence-corrected chi connectivity index (χ1v) is 6.36. The van der Waals surface area contributed by atoms with Crippen LogP contribution < -0.4 is 15.8 Å². The Bertz CT molecular complexity index is 589. The third kappa shape index (κ3) is 3.05. The second-order valence-corrected chi connectivity index (χ2v) is 4.51. The number of hydrogen-bond acceptors (Lipinski definition) is 4. The van der Waals surface area contributed by atoms with E-state index in [9.17, 15) is 4.39 Å². The van der Waals surface area contributed by atoms with Gasteiger partial charge in [-0.25, -0.2) is 4.39 Å². The Balaban J connectivity index is 2.25. The smallest absolute Gasteiger partial charge is 0.165 e. The zero-order valence-corrected chi connectivity index (χ0v) is 11.6. The van der Waals surface area contributed by atoms with Crippen molar-refractivity contribution in [1.29, 1.82) is 0 Å². The lowest BCUT2D eigenvalue weighted by Gasteiger charge is -2.20. The van der Waals surface area contributed by atoms with E-state index in [4.69, 9.17) is 10.5 Å². The molecule has 0 spiro atoms. The van der Waals surface area contributed by atoms with Gasteiger partial charge in [0.2, 0.25) is 0 Å². The van der Waals surface area contributed by atoms with Crippen molar-refractivity contribution in [3.8, 4) is 5.75 Å². The van der Waals surface area contributed by atoms with Gasteiger partial charge in [0.1, 0.15) is 0 Å². The van der Waals surface area contributed by atoms with Crippen molar-refractivity contribution in [1.82, 2.24) is 4.98 Å². The summed E-state index contributed by atoms with van der Waals surface area (Å²) in [5.41, 5.74) is 8.71. The molecule has 2 aromatic rings. The fourth-order valence-electron chi connectivity index (χ4n) is 2.06. The number of methoxy groups -OCH3 is 1. The second-order valence-electron chi connectivity index (χ2n) is 4.51. The molecule has 0 bridgehead atoms. The third-order valence-corrected chi connectivity index (χ3v) is 3.18. The lowest BCUT2D eigenvalue weighted by Crippen LogP contribution is -2.21. The maximum atomic E-state index is 13.4. The average Bonchev–Trinajstić information content (AvgIpc) is 2.47. The highest BCUT2D eigenvalue weighted by Gasteiger charge is 2.13. The van der Waals surface area contributed by atoms with Crippen LogP contribution in [0.15, 0.2) is 36.7 Å². The third-order valence-electron chi connectivity index (χ3n) is 3.18. The number of aryl methyl sites for hydroxylation is 1. The summed E-state index contributed by atoms with van der Waals surface area (Å²) in [5, 5.41) is 3.28. The van der Waals surface area contributed by atoms with Gasteiger partial charge in [0.05, 0.1) is 13.2 Å². The molecule has 1 unspecified atom stereocenters. The number of benzene rings is 1. The molecular formula is C15H18FN3O. The zero-order chi connectivity index (χ0) is 14.5. The Kier molecular flexibility index (Phi) is 4.53. The summed E-state index contributed by atoms with van der Waals surface area (Å²) in [7, 11) is 1.44. The van der Waals surface area contributed by atoms with Crippen molar-refractivity contribution in [3.63, 3.8) is 0 Å². The Labute approximate surface area is 117 Å². The molecule has 0 radical (unpaired) electrons. The van der Waals surface area contributed by atoms with Crippen LogP contribution in [0.25, 0.3) is 0 Å². The number of pyridine rings is 1. The Morgan fingerprint density at radius 1 is 1.40 bits per heavy atom. The predicted octanol–water partition coefficient (Wildman–Crippen LogP) is 2.65. The molecule has 3 N–H and O–H groups in total. The van der Waals surface area contributed by atoms with Crippen molar-refractivity contribution in [2.45, 2.75) is 13.0 Å². The van der Waals surface area contributed by atoms with Gasteiger partial charge in [0, 0.05) is 30.7 Å². The number of nitrogens with two attached hydrogens (primary N) is 1. The minimum Gasteiger partial charge on any atom is -0.494 e. The van der Waals surface area contributed by atoms with Crippen molar-refractivity contribution in [2.75, 3.05) is 19.0 Å². The van der Waals surface area contributed by atoms with Crippen LogP contribution in [0.3, 0.4) is 0 Å². The standard InChI is InChI=1S/C15H18FN3O/c1-10-5-6-18-9-12(10)14(8-17)19-11-3-4-13(16)15(7-11)20-2/h3-7,9,14,19H,8,17H2,1-2H3. The van der Waals surface area contributed by atoms with Crippen molar-refractivity contribution < 1.29 is 9.13 Å². The number of anilines is 1. The van der Waals surface area contributed by atoms with E-state index >= 15 is 0 Å². The second kappa shape index (κ2) is 6.34. The molecule has 0 aliphatic heterocycles. The zero-order valence-electron chi connectivity index (χ0n) is 11.6. The maximum Gasteiger partial charge on any atom is 0.165 e. The molecule has 2 rings (SSSR count). The van der Waals surface area contributed by atoms with E-state index in [0.29, 0.717) is 6.54 Å². The molecule has 5 heteroatoms. The van der Waals surface area contributed by atoms with Crippen LogP contribution in [-0.2, 0) is 0 Å². The van der Waals surface area contributed by atoms with Crippen molar-refractivity contribution in [2.24, 2.45) is 5.73 Å². The molecule has 4 nitrogen and oxygen atoms in total. The van der Waals surface area contributed by atoms with Crippen LogP contribution in [0.5, 0.6) is 5.75 Å². The van der Waals surface area contributed by atoms with E-state index in [-0.39, 0.29) is 17.6 Å². The fraction of sp³-hybridized carbons (Fsp3) is 0.267. The Hall–Kier alpha value is -2.14. The molecule has 1 heterocycles. The topological polar surface area (TPSA) is 60.2 Å². The number of aromatic nitrogens is 1. The highest BCUT2D eigenvalue weighted by molar-refractivity contribution is 5.51. The number of halogens is 1. The summed E-state index contributed by atoms with van der Waals surface area (Å²) in [4.78, 5) is 4.12. The van der Waals surface area contributed by atoms with E-state index < -0.39 is 0 Å². The van der Waals surface area contributed by atoms with E-state index in [1.807, 2.05) is 13.0 Å². The first kappa shape index (κ1) is 14.3. The molecule has 0 saturated heterocycles. The molecule has 1 aromatic carbocycles. The molecule has 1 aromatic heterocycles. The van der Waals surface area contributed by atoms with E-state index in [1.54, 1.807) is 24.5 Å². The molecule has 0 aliphatic carbocycles. The monoisotopic (exact) mass is 275 g/mol. The molecule has 0 fully saturated rings. The van der Waals surface area contributed by atoms with Crippen molar-refractivity contribution >= 4 is 5.69 Å². The number of ether oxygens (including phenoxy) is 1. The predicted molar refractivity (Wildman–Crippen MR) is 77.3 cm³/mol. The number of hydrogen-bond donors (Lipinski definition) is 2. The number of nitrogens with one attached hydrogen (secondary N) is 1. The summed E-state index contributed by atoms with van der Waals surface area (Å²) in [6.45, 7) is 2.42. The largest absolute Gasteiger partial charge is 0.494 e. The average molecular weight is 275 g/mol. The van der Waals surface area contributed by atoms with E-state index in [1.165, 1.54) is 13.2 Å². The van der Waals surface area contributed by atoms with Crippen LogP contribution in [0.4, 0.5) is 10.1 Å². The fourth-order valence-corrected chi connectivity index (χ4v) is 2.06. The molecule has 0 amide bonds. The summed E-state index contributed by atoms with van der Waals surface area (Å²) >= 11 is 0. The quantitative estimate of drug-likeness (QED) is 0.880. The van der Waals surface area contributed by atoms with Gasteiger partial charge in [-0.15, -0.1) is 0 Å². The van der Waals surface area contributed by atoms with Gasteiger partial charge >= 0.3 is 0 Å². The van der Waals surface area contributed by atoms with Crippen LogP contribution in [0, 0.1) is 12.7 Å². The summed E-state index contributed by atoms with van der Waals surface area (Å²) in [6, 6.07) is 6.49.